The number of pyridine rings is 1. The van der Waals surface area contributed by atoms with E-state index in [0.29, 0.717) is 24.3 Å². The van der Waals surface area contributed by atoms with Crippen LogP contribution in [0, 0.1) is 0 Å². The van der Waals surface area contributed by atoms with Crippen LogP contribution in [0.4, 0.5) is 16.3 Å². The number of aryl methyl sites for hydroxylation is 2. The van der Waals surface area contributed by atoms with Gasteiger partial charge in [0.1, 0.15) is 11.4 Å². The summed E-state index contributed by atoms with van der Waals surface area (Å²) in [4.78, 5) is 27.7. The highest BCUT2D eigenvalue weighted by Crippen LogP contribution is 2.13. The molecule has 2 aromatic rings. The highest BCUT2D eigenvalue weighted by Gasteiger charge is 2.16. The quantitative estimate of drug-likeness (QED) is 0.868. The molecule has 0 saturated heterocycles. The number of amides is 2. The molecule has 0 radical (unpaired) electrons. The first kappa shape index (κ1) is 18.4. The number of hydrogen-bond acceptors (Lipinski definition) is 5. The monoisotopic (exact) mass is 345 g/mol. The van der Waals surface area contributed by atoms with Gasteiger partial charge in [0.15, 0.2) is 0 Å². The van der Waals surface area contributed by atoms with Gasteiger partial charge in [0.05, 0.1) is 18.1 Å². The Balaban J connectivity index is 1.81. The van der Waals surface area contributed by atoms with Gasteiger partial charge in [-0.3, -0.25) is 14.8 Å². The molecule has 8 nitrogen and oxygen atoms in total. The standard InChI is InChI=1S/C17H23N5O3/c1-17(2,3)25-16(24)21-14-7-6-13(10-18-14)20-15(23)8-5-12-9-19-22(4)11-12/h6-7,9-11H,5,8H2,1-4H3,(H,20,23)(H,18,21,24). The largest absolute Gasteiger partial charge is 0.444 e. The van der Waals surface area contributed by atoms with Gasteiger partial charge >= 0.3 is 6.09 Å². The van der Waals surface area contributed by atoms with Gasteiger partial charge in [-0.25, -0.2) is 9.78 Å². The third kappa shape index (κ3) is 6.62. The normalized spacial score (nSPS) is 11.0. The van der Waals surface area contributed by atoms with E-state index in [-0.39, 0.29) is 5.91 Å². The Bertz CT molecular complexity index is 731. The first-order chi connectivity index (χ1) is 11.7. The maximum Gasteiger partial charge on any atom is 0.413 e. The van der Waals surface area contributed by atoms with Crippen LogP contribution in [-0.2, 0) is 23.0 Å². The van der Waals surface area contributed by atoms with Gasteiger partial charge in [-0.15, -0.1) is 0 Å². The zero-order valence-corrected chi connectivity index (χ0v) is 14.9. The summed E-state index contributed by atoms with van der Waals surface area (Å²) in [5.74, 6) is 0.237. The lowest BCUT2D eigenvalue weighted by molar-refractivity contribution is -0.116. The van der Waals surface area contributed by atoms with Crippen molar-refractivity contribution in [1.82, 2.24) is 14.8 Å². The molecular weight excluding hydrogens is 322 g/mol. The van der Waals surface area contributed by atoms with E-state index >= 15 is 0 Å². The fourth-order valence-electron chi connectivity index (χ4n) is 2.03. The number of carbonyl (C=O) groups is 2. The number of anilines is 2. The maximum atomic E-state index is 12.0. The average molecular weight is 345 g/mol. The van der Waals surface area contributed by atoms with Crippen molar-refractivity contribution in [2.75, 3.05) is 10.6 Å². The SMILES string of the molecule is Cn1cc(CCC(=O)Nc2ccc(NC(=O)OC(C)(C)C)nc2)cn1. The molecule has 0 fully saturated rings. The van der Waals surface area contributed by atoms with Gasteiger partial charge in [-0.2, -0.15) is 5.10 Å². The summed E-state index contributed by atoms with van der Waals surface area (Å²) in [6.45, 7) is 5.35. The molecule has 0 unspecified atom stereocenters. The molecule has 0 spiro atoms. The highest BCUT2D eigenvalue weighted by molar-refractivity contribution is 5.91. The van der Waals surface area contributed by atoms with Crippen LogP contribution in [0.15, 0.2) is 30.7 Å². The van der Waals surface area contributed by atoms with Gasteiger partial charge in [0.2, 0.25) is 5.91 Å². The molecule has 0 aliphatic rings. The molecule has 2 aromatic heterocycles. The van der Waals surface area contributed by atoms with E-state index in [4.69, 9.17) is 4.74 Å². The Kier molecular flexibility index (Phi) is 5.74. The molecule has 0 atom stereocenters. The summed E-state index contributed by atoms with van der Waals surface area (Å²) in [7, 11) is 1.84. The molecule has 0 saturated carbocycles. The van der Waals surface area contributed by atoms with Crippen LogP contribution in [0.3, 0.4) is 0 Å². The maximum absolute atomic E-state index is 12.0. The molecule has 0 aliphatic heterocycles. The minimum atomic E-state index is -0.577. The third-order valence-electron chi connectivity index (χ3n) is 3.08. The van der Waals surface area contributed by atoms with Crippen LogP contribution in [0.25, 0.3) is 0 Å². The molecule has 2 N–H and O–H groups in total. The summed E-state index contributed by atoms with van der Waals surface area (Å²) in [5, 5.41) is 9.36. The van der Waals surface area contributed by atoms with E-state index in [0.717, 1.165) is 5.56 Å². The minimum absolute atomic E-state index is 0.112. The van der Waals surface area contributed by atoms with Gasteiger partial charge in [-0.1, -0.05) is 0 Å². The lowest BCUT2D eigenvalue weighted by atomic mass is 10.2. The summed E-state index contributed by atoms with van der Waals surface area (Å²) >= 11 is 0. The van der Waals surface area contributed by atoms with Crippen LogP contribution < -0.4 is 10.6 Å². The number of rotatable bonds is 5. The van der Waals surface area contributed by atoms with Crippen LogP contribution in [0.5, 0.6) is 0 Å². The number of aromatic nitrogens is 3. The summed E-state index contributed by atoms with van der Waals surface area (Å²) in [6, 6.07) is 3.27. The van der Waals surface area contributed by atoms with E-state index in [1.165, 1.54) is 6.20 Å². The van der Waals surface area contributed by atoms with E-state index in [2.05, 4.69) is 20.7 Å². The van der Waals surface area contributed by atoms with Gasteiger partial charge in [-0.05, 0) is 44.9 Å². The number of nitrogens with one attached hydrogen (secondary N) is 2. The Morgan fingerprint density at radius 2 is 1.96 bits per heavy atom. The first-order valence-electron chi connectivity index (χ1n) is 7.95. The van der Waals surface area contributed by atoms with Crippen LogP contribution in [-0.4, -0.2) is 32.4 Å². The molecule has 2 amide bonds. The van der Waals surface area contributed by atoms with Crippen LogP contribution in [0.1, 0.15) is 32.8 Å². The van der Waals surface area contributed by atoms with Gasteiger partial charge in [0, 0.05) is 19.7 Å². The molecule has 8 heteroatoms. The van der Waals surface area contributed by atoms with E-state index in [1.54, 1.807) is 43.8 Å². The van der Waals surface area contributed by atoms with Crippen molar-refractivity contribution in [2.24, 2.45) is 7.05 Å². The van der Waals surface area contributed by atoms with E-state index < -0.39 is 11.7 Å². The van der Waals surface area contributed by atoms with Crippen molar-refractivity contribution in [3.05, 3.63) is 36.3 Å². The molecule has 0 bridgehead atoms. The van der Waals surface area contributed by atoms with Crippen molar-refractivity contribution >= 4 is 23.5 Å². The average Bonchev–Trinajstić information content (AvgIpc) is 2.91. The Morgan fingerprint density at radius 3 is 2.52 bits per heavy atom. The van der Waals surface area contributed by atoms with E-state index in [9.17, 15) is 9.59 Å². The Hall–Kier alpha value is -2.90. The van der Waals surface area contributed by atoms with Crippen LogP contribution in [0.2, 0.25) is 0 Å². The zero-order chi connectivity index (χ0) is 18.4. The van der Waals surface area contributed by atoms with Crippen molar-refractivity contribution in [3.63, 3.8) is 0 Å². The van der Waals surface area contributed by atoms with Crippen molar-refractivity contribution < 1.29 is 14.3 Å². The molecule has 0 aromatic carbocycles. The minimum Gasteiger partial charge on any atom is -0.444 e. The number of hydrogen-bond donors (Lipinski definition) is 2. The highest BCUT2D eigenvalue weighted by atomic mass is 16.6. The summed E-state index contributed by atoms with van der Waals surface area (Å²) in [6.07, 6.45) is 5.50. The fraction of sp³-hybridized carbons (Fsp3) is 0.412. The second-order valence-corrected chi connectivity index (χ2v) is 6.63. The second-order valence-electron chi connectivity index (χ2n) is 6.63. The van der Waals surface area contributed by atoms with Crippen molar-refractivity contribution in [1.29, 1.82) is 0 Å². The smallest absolute Gasteiger partial charge is 0.413 e. The van der Waals surface area contributed by atoms with Gasteiger partial charge in [0.25, 0.3) is 0 Å². The molecule has 2 heterocycles. The van der Waals surface area contributed by atoms with Crippen LogP contribution >= 0.6 is 0 Å². The fourth-order valence-corrected chi connectivity index (χ4v) is 2.03. The van der Waals surface area contributed by atoms with Crippen molar-refractivity contribution in [2.45, 2.75) is 39.2 Å². The summed E-state index contributed by atoms with van der Waals surface area (Å²) in [5.41, 5.74) is 0.991. The lowest BCUT2D eigenvalue weighted by Gasteiger charge is -2.19. The zero-order valence-electron chi connectivity index (χ0n) is 14.9. The Morgan fingerprint density at radius 1 is 1.20 bits per heavy atom. The predicted molar refractivity (Wildman–Crippen MR) is 94.3 cm³/mol. The van der Waals surface area contributed by atoms with E-state index in [1.807, 2.05) is 13.2 Å². The second kappa shape index (κ2) is 7.78. The summed E-state index contributed by atoms with van der Waals surface area (Å²) < 4.78 is 6.85. The number of nitrogens with zero attached hydrogens (tertiary/aromatic N) is 3. The number of carbonyl (C=O) groups excluding carboxylic acids is 2. The predicted octanol–water partition coefficient (Wildman–Crippen LogP) is 2.73. The molecule has 134 valence electrons. The lowest BCUT2D eigenvalue weighted by Crippen LogP contribution is -2.27. The van der Waals surface area contributed by atoms with Crippen molar-refractivity contribution in [3.8, 4) is 0 Å². The Labute approximate surface area is 146 Å². The first-order valence-corrected chi connectivity index (χ1v) is 7.95. The molecule has 2 rings (SSSR count). The van der Waals surface area contributed by atoms with Gasteiger partial charge < -0.3 is 10.1 Å². The molecule has 0 aliphatic carbocycles. The molecular formula is C17H23N5O3. The molecule has 25 heavy (non-hydrogen) atoms. The third-order valence-corrected chi connectivity index (χ3v) is 3.08. The number of ether oxygens (including phenoxy) is 1. The topological polar surface area (TPSA) is 98.1 Å².